The van der Waals surface area contributed by atoms with Gasteiger partial charge >= 0.3 is 16.4 Å². The Morgan fingerprint density at radius 1 is 0.585 bits per heavy atom. The molecule has 3 rings (SSSR count). The molecule has 0 aromatic rings. The van der Waals surface area contributed by atoms with Crippen molar-refractivity contribution in [2.45, 2.75) is 190 Å². The van der Waals surface area contributed by atoms with Crippen LogP contribution in [0.4, 0.5) is 0 Å². The van der Waals surface area contributed by atoms with Gasteiger partial charge in [-0.15, -0.1) is 0 Å². The smallest absolute Gasteiger partial charge is 0.397 e. The van der Waals surface area contributed by atoms with Crippen molar-refractivity contribution in [3.05, 3.63) is 0 Å². The lowest BCUT2D eigenvalue weighted by Crippen LogP contribution is -2.42. The standard InChI is InChI=1S/C35H64O17S/c1-3-4-5-6-7-8-9-10-11-12-13-14-15-16-17-18-19-45-33-30(41)27(38)25(50-33)21-47-35-32(52-53(42,43)44)29(40)26(51-35)22-46-34-31(48-23(2)37)28(39)24(20-36)49-34/h24-36,38-41H,3-22H2,1-2H3,(H,42,43,44)/t24-,25-,26-,27-,28-,29-,30-,31-,32-,33+,34+,35+/m1/s1. The fourth-order valence-corrected chi connectivity index (χ4v) is 7.23. The number of rotatable bonds is 28. The number of ether oxygens (including phenoxy) is 7. The highest BCUT2D eigenvalue weighted by Gasteiger charge is 2.51. The van der Waals surface area contributed by atoms with Gasteiger partial charge in [0.2, 0.25) is 0 Å². The minimum Gasteiger partial charge on any atom is -0.454 e. The lowest BCUT2D eigenvalue weighted by atomic mass is 10.0. The van der Waals surface area contributed by atoms with Crippen LogP contribution in [0.1, 0.15) is 117 Å². The van der Waals surface area contributed by atoms with Crippen LogP contribution in [0.3, 0.4) is 0 Å². The van der Waals surface area contributed by atoms with Crippen LogP contribution in [0.15, 0.2) is 0 Å². The molecule has 3 heterocycles. The molecule has 6 N–H and O–H groups in total. The second-order valence-electron chi connectivity index (χ2n) is 14.2. The summed E-state index contributed by atoms with van der Waals surface area (Å²) in [6.07, 6.45) is 2.88. The van der Waals surface area contributed by atoms with Crippen LogP contribution in [0.25, 0.3) is 0 Å². The quantitative estimate of drug-likeness (QED) is 0.0377. The minimum absolute atomic E-state index is 0.309. The van der Waals surface area contributed by atoms with Crippen LogP contribution >= 0.6 is 0 Å². The van der Waals surface area contributed by atoms with E-state index in [1.165, 1.54) is 77.0 Å². The maximum absolute atomic E-state index is 11.5. The van der Waals surface area contributed by atoms with Crippen LogP contribution < -0.4 is 0 Å². The van der Waals surface area contributed by atoms with E-state index in [0.29, 0.717) is 6.61 Å². The van der Waals surface area contributed by atoms with E-state index < -0.39 is 110 Å². The zero-order chi connectivity index (χ0) is 38.8. The van der Waals surface area contributed by atoms with Gasteiger partial charge in [0.05, 0.1) is 19.8 Å². The molecular weight excluding hydrogens is 724 g/mol. The number of unbranched alkanes of at least 4 members (excludes halogenated alkanes) is 15. The van der Waals surface area contributed by atoms with Crippen molar-refractivity contribution in [1.82, 2.24) is 0 Å². The molecule has 0 unspecified atom stereocenters. The van der Waals surface area contributed by atoms with Crippen LogP contribution in [-0.4, -0.2) is 145 Å². The van der Waals surface area contributed by atoms with Crippen molar-refractivity contribution >= 4 is 16.4 Å². The summed E-state index contributed by atoms with van der Waals surface area (Å²) in [5.41, 5.74) is 0. The first-order valence-electron chi connectivity index (χ1n) is 19.3. The largest absolute Gasteiger partial charge is 0.454 e. The highest BCUT2D eigenvalue weighted by molar-refractivity contribution is 7.80. The van der Waals surface area contributed by atoms with Gasteiger partial charge in [-0.2, -0.15) is 8.42 Å². The highest BCUT2D eigenvalue weighted by Crippen LogP contribution is 2.31. The van der Waals surface area contributed by atoms with Crippen molar-refractivity contribution in [2.24, 2.45) is 0 Å². The molecule has 3 aliphatic heterocycles. The molecular formula is C35H64O17S. The van der Waals surface area contributed by atoms with Crippen LogP contribution in [0.2, 0.25) is 0 Å². The Hall–Kier alpha value is -1.10. The van der Waals surface area contributed by atoms with E-state index >= 15 is 0 Å². The predicted octanol–water partition coefficient (Wildman–Crippen LogP) is 2.03. The lowest BCUT2D eigenvalue weighted by Gasteiger charge is -2.22. The van der Waals surface area contributed by atoms with Gasteiger partial charge in [-0.25, -0.2) is 4.18 Å². The third-order valence-corrected chi connectivity index (χ3v) is 10.2. The minimum atomic E-state index is -5.11. The van der Waals surface area contributed by atoms with E-state index in [1.807, 2.05) is 0 Å². The number of aliphatic hydroxyl groups excluding tert-OH is 5. The van der Waals surface area contributed by atoms with E-state index in [-0.39, 0.29) is 0 Å². The van der Waals surface area contributed by atoms with Crippen molar-refractivity contribution in [1.29, 1.82) is 0 Å². The Balaban J connectivity index is 1.34. The maximum Gasteiger partial charge on any atom is 0.397 e. The number of hydrogen-bond donors (Lipinski definition) is 6. The SMILES string of the molecule is CCCCCCCCCCCCCCCCCCO[C@H]1O[C@H](CO[C@H]2O[C@H](CO[C@H]3O[C@H](CO)[C@@H](O)[C@H]3OC(C)=O)[C@@H](O)[C@H]2OS(=O)(=O)O)[C@@H](O)[C@H]1O. The van der Waals surface area contributed by atoms with Gasteiger partial charge < -0.3 is 58.7 Å². The first kappa shape index (κ1) is 46.3. The molecule has 3 saturated heterocycles. The van der Waals surface area contributed by atoms with Crippen LogP contribution in [-0.2, 0) is 52.5 Å². The molecule has 3 fully saturated rings. The number of esters is 1. The highest BCUT2D eigenvalue weighted by atomic mass is 32.3. The number of aliphatic hydroxyl groups is 5. The van der Waals surface area contributed by atoms with Crippen molar-refractivity contribution in [3.63, 3.8) is 0 Å². The van der Waals surface area contributed by atoms with E-state index in [0.717, 1.165) is 32.6 Å². The normalized spacial score (nSPS) is 33.2. The molecule has 0 bridgehead atoms. The Morgan fingerprint density at radius 2 is 1.02 bits per heavy atom. The summed E-state index contributed by atoms with van der Waals surface area (Å²) in [4.78, 5) is 11.5. The molecule has 3 aliphatic rings. The van der Waals surface area contributed by atoms with Crippen molar-refractivity contribution in [2.75, 3.05) is 26.4 Å². The number of carbonyl (C=O) groups excluding carboxylic acids is 1. The monoisotopic (exact) mass is 788 g/mol. The molecule has 0 saturated carbocycles. The molecule has 0 aromatic carbocycles. The number of hydrogen-bond acceptors (Lipinski definition) is 16. The van der Waals surface area contributed by atoms with Gasteiger partial charge in [-0.3, -0.25) is 9.35 Å². The van der Waals surface area contributed by atoms with Crippen LogP contribution in [0, 0.1) is 0 Å². The van der Waals surface area contributed by atoms with E-state index in [4.69, 9.17) is 33.2 Å². The third-order valence-electron chi connectivity index (χ3n) is 9.75. The van der Waals surface area contributed by atoms with Gasteiger partial charge in [-0.05, 0) is 6.42 Å². The van der Waals surface area contributed by atoms with E-state index in [2.05, 4.69) is 11.1 Å². The fourth-order valence-electron chi connectivity index (χ4n) is 6.74. The fraction of sp³-hybridized carbons (Fsp3) is 0.971. The second-order valence-corrected chi connectivity index (χ2v) is 15.2. The maximum atomic E-state index is 11.5. The first-order valence-corrected chi connectivity index (χ1v) is 20.7. The summed E-state index contributed by atoms with van der Waals surface area (Å²) in [6.45, 7) is 2.04. The van der Waals surface area contributed by atoms with Gasteiger partial charge in [-0.1, -0.05) is 103 Å². The molecule has 0 amide bonds. The molecule has 312 valence electrons. The van der Waals surface area contributed by atoms with E-state index in [1.54, 1.807) is 0 Å². The summed E-state index contributed by atoms with van der Waals surface area (Å²) < 4.78 is 75.5. The Kier molecular flexibility index (Phi) is 21.4. The summed E-state index contributed by atoms with van der Waals surface area (Å²) >= 11 is 0. The third kappa shape index (κ3) is 16.1. The van der Waals surface area contributed by atoms with Gasteiger partial charge in [0.25, 0.3) is 0 Å². The number of carbonyl (C=O) groups is 1. The zero-order valence-electron chi connectivity index (χ0n) is 31.2. The van der Waals surface area contributed by atoms with Crippen molar-refractivity contribution < 1.29 is 80.6 Å². The van der Waals surface area contributed by atoms with Crippen molar-refractivity contribution in [3.8, 4) is 0 Å². The molecule has 18 heteroatoms. The van der Waals surface area contributed by atoms with Gasteiger partial charge in [0.1, 0.15) is 42.7 Å². The Labute approximate surface area is 313 Å². The molecule has 0 radical (unpaired) electrons. The van der Waals surface area contributed by atoms with Gasteiger partial charge in [0, 0.05) is 13.5 Å². The van der Waals surface area contributed by atoms with Gasteiger partial charge in [0.15, 0.2) is 31.1 Å². The summed E-state index contributed by atoms with van der Waals surface area (Å²) in [7, 11) is -5.11. The first-order chi connectivity index (χ1) is 25.4. The molecule has 0 spiro atoms. The topological polar surface area (TPSA) is 246 Å². The summed E-state index contributed by atoms with van der Waals surface area (Å²) in [6, 6.07) is 0. The average Bonchev–Trinajstić information content (AvgIpc) is 3.67. The molecule has 12 atom stereocenters. The molecule has 17 nitrogen and oxygen atoms in total. The Morgan fingerprint density at radius 3 is 1.51 bits per heavy atom. The van der Waals surface area contributed by atoms with E-state index in [9.17, 15) is 43.3 Å². The Bertz CT molecular complexity index is 1110. The predicted molar refractivity (Wildman–Crippen MR) is 186 cm³/mol. The second kappa shape index (κ2) is 24.5. The molecule has 0 aliphatic carbocycles. The van der Waals surface area contributed by atoms with Crippen LogP contribution in [0.5, 0.6) is 0 Å². The summed E-state index contributed by atoms with van der Waals surface area (Å²) in [5.74, 6) is -0.758. The average molecular weight is 789 g/mol. The summed E-state index contributed by atoms with van der Waals surface area (Å²) in [5, 5.41) is 51.6. The molecule has 53 heavy (non-hydrogen) atoms. The lowest BCUT2D eigenvalue weighted by molar-refractivity contribution is -0.220. The molecule has 0 aromatic heterocycles. The zero-order valence-corrected chi connectivity index (χ0v) is 32.0.